The van der Waals surface area contributed by atoms with E-state index >= 15 is 0 Å². The van der Waals surface area contributed by atoms with Gasteiger partial charge < -0.3 is 10.3 Å². The first-order valence-corrected chi connectivity index (χ1v) is 9.44. The first-order chi connectivity index (χ1) is 12.8. The van der Waals surface area contributed by atoms with Crippen molar-refractivity contribution in [2.45, 2.75) is 51.4 Å². The monoisotopic (exact) mass is 352 g/mol. The second kappa shape index (κ2) is 7.68. The van der Waals surface area contributed by atoms with Crippen molar-refractivity contribution in [3.05, 3.63) is 40.7 Å². The summed E-state index contributed by atoms with van der Waals surface area (Å²) >= 11 is 0. The van der Waals surface area contributed by atoms with E-state index < -0.39 is 0 Å². The molecule has 0 aromatic carbocycles. The number of hydrogen-bond donors (Lipinski definition) is 3. The van der Waals surface area contributed by atoms with Crippen molar-refractivity contribution >= 4 is 22.8 Å². The predicted molar refractivity (Wildman–Crippen MR) is 102 cm³/mol. The lowest BCUT2D eigenvalue weighted by atomic mass is 9.86. The first-order valence-electron chi connectivity index (χ1n) is 9.44. The average molecular weight is 352 g/mol. The van der Waals surface area contributed by atoms with Gasteiger partial charge in [-0.25, -0.2) is 4.98 Å². The normalized spacial score (nSPS) is 15.4. The third kappa shape index (κ3) is 3.92. The molecule has 0 saturated heterocycles. The number of nitrogens with zero attached hydrogens (tertiary/aromatic N) is 3. The fourth-order valence-corrected chi connectivity index (χ4v) is 3.74. The van der Waals surface area contributed by atoms with Gasteiger partial charge in [-0.3, -0.25) is 14.8 Å². The van der Waals surface area contributed by atoms with Gasteiger partial charge in [0, 0.05) is 12.6 Å². The summed E-state index contributed by atoms with van der Waals surface area (Å²) in [5.41, 5.74) is 1.44. The van der Waals surface area contributed by atoms with E-state index in [4.69, 9.17) is 0 Å². The van der Waals surface area contributed by atoms with Crippen molar-refractivity contribution in [2.75, 3.05) is 5.32 Å². The smallest absolute Gasteiger partial charge is 0.278 e. The molecule has 0 amide bonds. The van der Waals surface area contributed by atoms with Crippen LogP contribution < -0.4 is 10.9 Å². The third-order valence-electron chi connectivity index (χ3n) is 5.09. The lowest BCUT2D eigenvalue weighted by Gasteiger charge is -2.20. The number of imidazole rings is 1. The van der Waals surface area contributed by atoms with Gasteiger partial charge in [0.05, 0.1) is 11.9 Å². The molecule has 1 aliphatic rings. The summed E-state index contributed by atoms with van der Waals surface area (Å²) < 4.78 is 0. The number of nitrogens with one attached hydrogen (secondary N) is 3. The maximum absolute atomic E-state index is 12.3. The molecule has 0 atom stereocenters. The van der Waals surface area contributed by atoms with Crippen LogP contribution >= 0.6 is 0 Å². The van der Waals surface area contributed by atoms with E-state index in [9.17, 15) is 4.79 Å². The second-order valence-electron chi connectivity index (χ2n) is 7.06. The Labute approximate surface area is 151 Å². The van der Waals surface area contributed by atoms with Crippen LogP contribution in [0, 0.1) is 5.92 Å². The number of aromatic nitrogens is 5. The molecule has 0 radical (unpaired) electrons. The molecule has 3 N–H and O–H groups in total. The summed E-state index contributed by atoms with van der Waals surface area (Å²) in [6, 6.07) is 3.68. The standard InChI is InChI=1S/C19H24N6O/c26-18-16-17(24-19(25-18)21-14-9-5-11-20-12-14)23-15(22-16)10-4-8-13-6-2-1-3-7-13/h5,9,11-13H,1-4,6-8,10H2,(H3,21,22,23,24,25,26). The van der Waals surface area contributed by atoms with Gasteiger partial charge in [-0.15, -0.1) is 0 Å². The number of aryl methyl sites for hydroxylation is 1. The average Bonchev–Trinajstić information content (AvgIpc) is 3.07. The first kappa shape index (κ1) is 16.8. The molecular weight excluding hydrogens is 328 g/mol. The summed E-state index contributed by atoms with van der Waals surface area (Å²) in [4.78, 5) is 31.1. The van der Waals surface area contributed by atoms with Gasteiger partial charge >= 0.3 is 0 Å². The molecule has 136 valence electrons. The van der Waals surface area contributed by atoms with Gasteiger partial charge in [-0.2, -0.15) is 4.98 Å². The predicted octanol–water partition coefficient (Wildman–Crippen LogP) is 3.69. The zero-order valence-electron chi connectivity index (χ0n) is 14.8. The lowest BCUT2D eigenvalue weighted by Crippen LogP contribution is -2.11. The highest BCUT2D eigenvalue weighted by atomic mass is 16.1. The number of fused-ring (bicyclic) bond motifs is 1. The molecule has 0 aliphatic heterocycles. The SMILES string of the molecule is O=c1[nH]c(Nc2cccnc2)nc2nc(CCCC3CCCCC3)[nH]c12. The molecule has 1 saturated carbocycles. The van der Waals surface area contributed by atoms with Gasteiger partial charge in [0.1, 0.15) is 5.82 Å². The molecule has 0 spiro atoms. The quantitative estimate of drug-likeness (QED) is 0.628. The second-order valence-corrected chi connectivity index (χ2v) is 7.06. The number of H-pyrrole nitrogens is 2. The number of rotatable bonds is 6. The van der Waals surface area contributed by atoms with Crippen molar-refractivity contribution in [1.82, 2.24) is 24.9 Å². The van der Waals surface area contributed by atoms with E-state index in [1.807, 2.05) is 12.1 Å². The van der Waals surface area contributed by atoms with E-state index in [0.717, 1.165) is 30.3 Å². The minimum atomic E-state index is -0.215. The molecule has 7 heteroatoms. The van der Waals surface area contributed by atoms with Crippen LogP contribution in [0.15, 0.2) is 29.3 Å². The fraction of sp³-hybridized carbons (Fsp3) is 0.474. The summed E-state index contributed by atoms with van der Waals surface area (Å²) in [6.45, 7) is 0. The molecule has 0 unspecified atom stereocenters. The van der Waals surface area contributed by atoms with Crippen molar-refractivity contribution in [1.29, 1.82) is 0 Å². The maximum atomic E-state index is 12.3. The van der Waals surface area contributed by atoms with Gasteiger partial charge in [-0.1, -0.05) is 38.5 Å². The Hall–Kier alpha value is -2.70. The summed E-state index contributed by atoms with van der Waals surface area (Å²) in [5.74, 6) is 2.08. The largest absolute Gasteiger partial charge is 0.336 e. The molecule has 3 heterocycles. The van der Waals surface area contributed by atoms with E-state index in [1.165, 1.54) is 38.5 Å². The number of hydrogen-bond acceptors (Lipinski definition) is 5. The Morgan fingerprint density at radius 2 is 2.04 bits per heavy atom. The minimum Gasteiger partial charge on any atom is -0.336 e. The van der Waals surface area contributed by atoms with Crippen LogP contribution in [0.3, 0.4) is 0 Å². The zero-order valence-corrected chi connectivity index (χ0v) is 14.8. The molecule has 3 aromatic heterocycles. The molecule has 7 nitrogen and oxygen atoms in total. The van der Waals surface area contributed by atoms with E-state index in [2.05, 4.69) is 30.2 Å². The summed E-state index contributed by atoms with van der Waals surface area (Å²) in [5, 5.41) is 3.05. The van der Waals surface area contributed by atoms with Crippen LogP contribution in [-0.2, 0) is 6.42 Å². The maximum Gasteiger partial charge on any atom is 0.278 e. The Kier molecular flexibility index (Phi) is 4.95. The summed E-state index contributed by atoms with van der Waals surface area (Å²) in [7, 11) is 0. The van der Waals surface area contributed by atoms with Crippen molar-refractivity contribution in [3.8, 4) is 0 Å². The van der Waals surface area contributed by atoms with Gasteiger partial charge in [0.25, 0.3) is 5.56 Å². The Bertz CT molecular complexity index is 911. The highest BCUT2D eigenvalue weighted by Crippen LogP contribution is 2.27. The van der Waals surface area contributed by atoms with Gasteiger partial charge in [-0.05, 0) is 24.5 Å². The van der Waals surface area contributed by atoms with Crippen molar-refractivity contribution in [3.63, 3.8) is 0 Å². The molecule has 3 aromatic rings. The number of anilines is 2. The third-order valence-corrected chi connectivity index (χ3v) is 5.09. The van der Waals surface area contributed by atoms with E-state index in [-0.39, 0.29) is 5.56 Å². The van der Waals surface area contributed by atoms with Crippen LogP contribution in [-0.4, -0.2) is 24.9 Å². The van der Waals surface area contributed by atoms with E-state index in [0.29, 0.717) is 17.1 Å². The van der Waals surface area contributed by atoms with Crippen molar-refractivity contribution < 1.29 is 0 Å². The van der Waals surface area contributed by atoms with Crippen molar-refractivity contribution in [2.24, 2.45) is 5.92 Å². The highest BCUT2D eigenvalue weighted by Gasteiger charge is 2.14. The molecule has 1 aliphatic carbocycles. The van der Waals surface area contributed by atoms with Gasteiger partial charge in [0.15, 0.2) is 11.2 Å². The Morgan fingerprint density at radius 3 is 2.85 bits per heavy atom. The summed E-state index contributed by atoms with van der Waals surface area (Å²) in [6.07, 6.45) is 13.4. The van der Waals surface area contributed by atoms with Crippen LogP contribution in [0.4, 0.5) is 11.6 Å². The molecule has 26 heavy (non-hydrogen) atoms. The fourth-order valence-electron chi connectivity index (χ4n) is 3.74. The van der Waals surface area contributed by atoms with Crippen LogP contribution in [0.1, 0.15) is 50.8 Å². The zero-order chi connectivity index (χ0) is 17.8. The molecule has 0 bridgehead atoms. The molecule has 1 fully saturated rings. The van der Waals surface area contributed by atoms with Crippen LogP contribution in [0.25, 0.3) is 11.2 Å². The number of aromatic amines is 2. The minimum absolute atomic E-state index is 0.215. The topological polar surface area (TPSA) is 99.3 Å². The molecular formula is C19H24N6O. The number of pyridine rings is 1. The van der Waals surface area contributed by atoms with E-state index in [1.54, 1.807) is 12.4 Å². The van der Waals surface area contributed by atoms with Crippen LogP contribution in [0.5, 0.6) is 0 Å². The highest BCUT2D eigenvalue weighted by molar-refractivity contribution is 5.71. The lowest BCUT2D eigenvalue weighted by molar-refractivity contribution is 0.332. The van der Waals surface area contributed by atoms with Crippen LogP contribution in [0.2, 0.25) is 0 Å². The Morgan fingerprint density at radius 1 is 1.15 bits per heavy atom. The Balaban J connectivity index is 1.44. The molecule has 4 rings (SSSR count). The van der Waals surface area contributed by atoms with Gasteiger partial charge in [0.2, 0.25) is 5.95 Å².